The highest BCUT2D eigenvalue weighted by atomic mass is 16.5. The van der Waals surface area contributed by atoms with Crippen LogP contribution in [0.3, 0.4) is 0 Å². The Bertz CT molecular complexity index is 151. The first-order valence-electron chi connectivity index (χ1n) is 4.26. The summed E-state index contributed by atoms with van der Waals surface area (Å²) in [7, 11) is 0. The average Bonchev–Trinajstić information content (AvgIpc) is 2.41. The molecule has 3 atom stereocenters. The molecule has 1 spiro atoms. The third kappa shape index (κ3) is 0.424. The summed E-state index contributed by atoms with van der Waals surface area (Å²) in [6, 6.07) is 1.54. The summed E-state index contributed by atoms with van der Waals surface area (Å²) >= 11 is 0. The summed E-state index contributed by atoms with van der Waals surface area (Å²) in [5, 5.41) is 3.57. The number of hydrogen-bond acceptors (Lipinski definition) is 2. The van der Waals surface area contributed by atoms with Crippen molar-refractivity contribution in [2.45, 2.75) is 31.3 Å². The lowest BCUT2D eigenvalue weighted by atomic mass is 9.71. The van der Waals surface area contributed by atoms with Crippen molar-refractivity contribution in [2.75, 3.05) is 13.2 Å². The van der Waals surface area contributed by atoms with Crippen LogP contribution >= 0.6 is 0 Å². The lowest BCUT2D eigenvalue weighted by molar-refractivity contribution is 0.0740. The van der Waals surface area contributed by atoms with Crippen LogP contribution in [0.25, 0.3) is 0 Å². The molecule has 0 aromatic rings. The molecule has 2 saturated heterocycles. The van der Waals surface area contributed by atoms with E-state index in [0.717, 1.165) is 25.3 Å². The minimum absolute atomic E-state index is 0.611. The summed E-state index contributed by atoms with van der Waals surface area (Å²) in [6.45, 7) is 2.01. The normalized spacial score (nSPS) is 57.6. The minimum atomic E-state index is 0.611. The molecule has 0 bridgehead atoms. The van der Waals surface area contributed by atoms with Gasteiger partial charge in [0.15, 0.2) is 0 Å². The lowest BCUT2D eigenvalue weighted by Gasteiger charge is -2.48. The maximum atomic E-state index is 5.47. The van der Waals surface area contributed by atoms with E-state index in [1.165, 1.54) is 19.3 Å². The van der Waals surface area contributed by atoms with Crippen molar-refractivity contribution in [2.24, 2.45) is 5.41 Å². The van der Waals surface area contributed by atoms with Gasteiger partial charge in [0, 0.05) is 17.5 Å². The van der Waals surface area contributed by atoms with Gasteiger partial charge in [0.05, 0.1) is 13.2 Å². The molecule has 1 N–H and O–H groups in total. The molecule has 3 fully saturated rings. The first-order valence-corrected chi connectivity index (χ1v) is 4.26. The quantitative estimate of drug-likeness (QED) is 0.528. The molecule has 2 heterocycles. The van der Waals surface area contributed by atoms with Crippen molar-refractivity contribution < 1.29 is 4.74 Å². The van der Waals surface area contributed by atoms with Crippen molar-refractivity contribution >= 4 is 0 Å². The fourth-order valence-electron chi connectivity index (χ4n) is 2.93. The molecule has 3 unspecified atom stereocenters. The van der Waals surface area contributed by atoms with Crippen molar-refractivity contribution in [1.82, 2.24) is 5.32 Å². The van der Waals surface area contributed by atoms with Crippen LogP contribution in [0.4, 0.5) is 0 Å². The smallest absolute Gasteiger partial charge is 0.0626 e. The van der Waals surface area contributed by atoms with Crippen LogP contribution < -0.4 is 5.32 Å². The Morgan fingerprint density at radius 3 is 3.20 bits per heavy atom. The second-order valence-electron chi connectivity index (χ2n) is 3.91. The van der Waals surface area contributed by atoms with E-state index in [2.05, 4.69) is 5.32 Å². The molecule has 2 aliphatic heterocycles. The summed E-state index contributed by atoms with van der Waals surface area (Å²) < 4.78 is 5.47. The standard InChI is InChI=1S/C8H13NO/c1-2-6-8(3-1)5-10-4-7(8)9-6/h6-7,9H,1-5H2. The van der Waals surface area contributed by atoms with E-state index in [-0.39, 0.29) is 0 Å². The van der Waals surface area contributed by atoms with E-state index >= 15 is 0 Å². The van der Waals surface area contributed by atoms with Crippen LogP contribution in [-0.4, -0.2) is 25.3 Å². The monoisotopic (exact) mass is 139 g/mol. The van der Waals surface area contributed by atoms with Crippen LogP contribution in [0.2, 0.25) is 0 Å². The molecule has 2 heteroatoms. The van der Waals surface area contributed by atoms with E-state index in [0.29, 0.717) is 5.41 Å². The van der Waals surface area contributed by atoms with Crippen LogP contribution in [0.1, 0.15) is 19.3 Å². The molecule has 0 aromatic heterocycles. The first kappa shape index (κ1) is 5.56. The molecule has 1 aliphatic carbocycles. The number of rotatable bonds is 0. The number of ether oxygens (including phenoxy) is 1. The van der Waals surface area contributed by atoms with Gasteiger partial charge < -0.3 is 10.1 Å². The van der Waals surface area contributed by atoms with Gasteiger partial charge in [-0.05, 0) is 12.8 Å². The number of hydrogen-bond donors (Lipinski definition) is 1. The van der Waals surface area contributed by atoms with Gasteiger partial charge >= 0.3 is 0 Å². The van der Waals surface area contributed by atoms with Crippen LogP contribution in [-0.2, 0) is 4.74 Å². The first-order chi connectivity index (χ1) is 4.92. The highest BCUT2D eigenvalue weighted by Gasteiger charge is 2.59. The summed E-state index contributed by atoms with van der Waals surface area (Å²) in [6.07, 6.45) is 4.22. The van der Waals surface area contributed by atoms with E-state index < -0.39 is 0 Å². The van der Waals surface area contributed by atoms with E-state index in [4.69, 9.17) is 4.74 Å². The summed E-state index contributed by atoms with van der Waals surface area (Å²) in [5.41, 5.74) is 0.611. The molecule has 0 radical (unpaired) electrons. The predicted octanol–water partition coefficient (Wildman–Crippen LogP) is 0.527. The third-order valence-electron chi connectivity index (χ3n) is 3.58. The van der Waals surface area contributed by atoms with E-state index in [1.807, 2.05) is 0 Å². The second kappa shape index (κ2) is 1.56. The lowest BCUT2D eigenvalue weighted by Crippen LogP contribution is -2.66. The minimum Gasteiger partial charge on any atom is -0.379 e. The van der Waals surface area contributed by atoms with Gasteiger partial charge in [0.1, 0.15) is 0 Å². The van der Waals surface area contributed by atoms with Crippen molar-refractivity contribution in [3.8, 4) is 0 Å². The molecule has 2 nitrogen and oxygen atoms in total. The van der Waals surface area contributed by atoms with Crippen molar-refractivity contribution in [3.05, 3.63) is 0 Å². The molecule has 0 aromatic carbocycles. The van der Waals surface area contributed by atoms with Gasteiger partial charge in [-0.1, -0.05) is 6.42 Å². The van der Waals surface area contributed by atoms with Crippen LogP contribution in [0.5, 0.6) is 0 Å². The maximum absolute atomic E-state index is 5.47. The Morgan fingerprint density at radius 1 is 1.40 bits per heavy atom. The molecule has 3 aliphatic rings. The van der Waals surface area contributed by atoms with Crippen molar-refractivity contribution in [1.29, 1.82) is 0 Å². The molecule has 0 amide bonds. The van der Waals surface area contributed by atoms with E-state index in [9.17, 15) is 0 Å². The fourth-order valence-corrected chi connectivity index (χ4v) is 2.93. The molecule has 1 saturated carbocycles. The third-order valence-corrected chi connectivity index (χ3v) is 3.58. The maximum Gasteiger partial charge on any atom is 0.0626 e. The summed E-state index contributed by atoms with van der Waals surface area (Å²) in [5.74, 6) is 0. The molecular weight excluding hydrogens is 126 g/mol. The fraction of sp³-hybridized carbons (Fsp3) is 1.00. The predicted molar refractivity (Wildman–Crippen MR) is 37.8 cm³/mol. The topological polar surface area (TPSA) is 21.3 Å². The summed E-state index contributed by atoms with van der Waals surface area (Å²) in [4.78, 5) is 0. The SMILES string of the molecule is C1CC2NC3COCC23C1. The van der Waals surface area contributed by atoms with Gasteiger partial charge in [-0.3, -0.25) is 0 Å². The molecular formula is C8H13NO. The zero-order valence-corrected chi connectivity index (χ0v) is 6.10. The Kier molecular flexibility index (Phi) is 0.868. The highest BCUT2D eigenvalue weighted by Crippen LogP contribution is 2.51. The van der Waals surface area contributed by atoms with Crippen LogP contribution in [0.15, 0.2) is 0 Å². The average molecular weight is 139 g/mol. The van der Waals surface area contributed by atoms with Gasteiger partial charge in [0.25, 0.3) is 0 Å². The van der Waals surface area contributed by atoms with Gasteiger partial charge in [0.2, 0.25) is 0 Å². The Labute approximate surface area is 60.9 Å². The van der Waals surface area contributed by atoms with Crippen LogP contribution in [0, 0.1) is 5.41 Å². The Balaban J connectivity index is 1.95. The molecule has 56 valence electrons. The Morgan fingerprint density at radius 2 is 2.40 bits per heavy atom. The van der Waals surface area contributed by atoms with E-state index in [1.54, 1.807) is 0 Å². The largest absolute Gasteiger partial charge is 0.379 e. The zero-order chi connectivity index (χ0) is 6.60. The number of nitrogens with one attached hydrogen (secondary N) is 1. The zero-order valence-electron chi connectivity index (χ0n) is 6.10. The Hall–Kier alpha value is -0.0800. The van der Waals surface area contributed by atoms with Gasteiger partial charge in [-0.15, -0.1) is 0 Å². The van der Waals surface area contributed by atoms with Crippen molar-refractivity contribution in [3.63, 3.8) is 0 Å². The molecule has 3 rings (SSSR count). The highest BCUT2D eigenvalue weighted by molar-refractivity contribution is 5.15. The van der Waals surface area contributed by atoms with Gasteiger partial charge in [-0.25, -0.2) is 0 Å². The van der Waals surface area contributed by atoms with Gasteiger partial charge in [-0.2, -0.15) is 0 Å². The molecule has 10 heavy (non-hydrogen) atoms. The second-order valence-corrected chi connectivity index (χ2v) is 3.91.